The molecule has 0 aromatic heterocycles. The highest BCUT2D eigenvalue weighted by atomic mass is 35.5. The minimum Gasteiger partial charge on any atom is -0.315 e. The van der Waals surface area contributed by atoms with Crippen molar-refractivity contribution in [3.8, 4) is 0 Å². The zero-order chi connectivity index (χ0) is 13.0. The Morgan fingerprint density at radius 1 is 1.39 bits per heavy atom. The molecule has 1 nitrogen and oxygen atoms in total. The average Bonchev–Trinajstić information content (AvgIpc) is 2.72. The predicted octanol–water partition coefficient (Wildman–Crippen LogP) is 4.12. The van der Waals surface area contributed by atoms with Crippen LogP contribution in [0.15, 0.2) is 29.2 Å². The van der Waals surface area contributed by atoms with Crippen LogP contribution in [0.1, 0.15) is 31.7 Å². The molecule has 1 aliphatic rings. The molecular formula is C15H22ClNS. The second-order valence-electron chi connectivity index (χ2n) is 5.43. The lowest BCUT2D eigenvalue weighted by atomic mass is 10.0. The van der Waals surface area contributed by atoms with Gasteiger partial charge in [0.05, 0.1) is 0 Å². The zero-order valence-electron chi connectivity index (χ0n) is 11.2. The quantitative estimate of drug-likeness (QED) is 0.788. The van der Waals surface area contributed by atoms with Gasteiger partial charge in [-0.05, 0) is 24.0 Å². The first-order valence-corrected chi connectivity index (χ1v) is 8.15. The van der Waals surface area contributed by atoms with Gasteiger partial charge in [-0.2, -0.15) is 0 Å². The third-order valence-electron chi connectivity index (χ3n) is 3.28. The summed E-state index contributed by atoms with van der Waals surface area (Å²) in [5.41, 5.74) is 1.50. The summed E-state index contributed by atoms with van der Waals surface area (Å²) in [6.07, 6.45) is 1.09. The Labute approximate surface area is 120 Å². The van der Waals surface area contributed by atoms with Gasteiger partial charge in [0.1, 0.15) is 0 Å². The van der Waals surface area contributed by atoms with Crippen LogP contribution in [0, 0.1) is 5.92 Å². The van der Waals surface area contributed by atoms with E-state index in [1.165, 1.54) is 16.2 Å². The lowest BCUT2D eigenvalue weighted by Crippen LogP contribution is -2.28. The third-order valence-corrected chi connectivity index (χ3v) is 4.87. The van der Waals surface area contributed by atoms with E-state index in [-0.39, 0.29) is 5.38 Å². The van der Waals surface area contributed by atoms with Gasteiger partial charge in [-0.1, -0.05) is 32.0 Å². The lowest BCUT2D eigenvalue weighted by molar-refractivity contribution is 0.524. The van der Waals surface area contributed by atoms with Crippen LogP contribution >= 0.6 is 23.4 Å². The van der Waals surface area contributed by atoms with E-state index >= 15 is 0 Å². The van der Waals surface area contributed by atoms with E-state index < -0.39 is 0 Å². The fourth-order valence-electron chi connectivity index (χ4n) is 2.41. The van der Waals surface area contributed by atoms with Crippen LogP contribution in [-0.4, -0.2) is 24.2 Å². The normalized spacial score (nSPS) is 20.1. The maximum atomic E-state index is 6.29. The molecule has 0 fully saturated rings. The number of fused-ring (bicyclic) bond motifs is 1. The third kappa shape index (κ3) is 3.91. The van der Waals surface area contributed by atoms with E-state index in [1.54, 1.807) is 0 Å². The SMILES string of the molecule is CC(C)CC(Cl)CNCC1CSc2ccccc21. The number of alkyl halides is 1. The Hall–Kier alpha value is -0.180. The molecule has 2 rings (SSSR count). The second-order valence-corrected chi connectivity index (χ2v) is 7.11. The Balaban J connectivity index is 1.75. The van der Waals surface area contributed by atoms with Crippen molar-refractivity contribution >= 4 is 23.4 Å². The summed E-state index contributed by atoms with van der Waals surface area (Å²) in [5.74, 6) is 2.52. The molecule has 0 amide bonds. The van der Waals surface area contributed by atoms with Crippen LogP contribution in [0.2, 0.25) is 0 Å². The topological polar surface area (TPSA) is 12.0 Å². The Kier molecular flexibility index (Phi) is 5.40. The molecule has 2 unspecified atom stereocenters. The highest BCUT2D eigenvalue weighted by molar-refractivity contribution is 7.99. The van der Waals surface area contributed by atoms with Gasteiger partial charge in [-0.3, -0.25) is 0 Å². The molecule has 1 aromatic rings. The van der Waals surface area contributed by atoms with Gasteiger partial charge in [-0.25, -0.2) is 0 Å². The zero-order valence-corrected chi connectivity index (χ0v) is 12.7. The van der Waals surface area contributed by atoms with Gasteiger partial charge in [0.2, 0.25) is 0 Å². The van der Waals surface area contributed by atoms with E-state index in [0.717, 1.165) is 19.5 Å². The van der Waals surface area contributed by atoms with E-state index in [1.807, 2.05) is 11.8 Å². The van der Waals surface area contributed by atoms with E-state index in [0.29, 0.717) is 11.8 Å². The van der Waals surface area contributed by atoms with Crippen LogP contribution < -0.4 is 5.32 Å². The summed E-state index contributed by atoms with van der Waals surface area (Å²) >= 11 is 8.27. The molecule has 0 aliphatic carbocycles. The predicted molar refractivity (Wildman–Crippen MR) is 81.9 cm³/mol. The molecule has 18 heavy (non-hydrogen) atoms. The first kappa shape index (κ1) is 14.2. The van der Waals surface area contributed by atoms with Crippen molar-refractivity contribution in [3.63, 3.8) is 0 Å². The minimum absolute atomic E-state index is 0.259. The standard InChI is InChI=1S/C15H22ClNS/c1-11(2)7-13(16)9-17-8-12-10-18-15-6-4-3-5-14(12)15/h3-6,11-13,17H,7-10H2,1-2H3. The summed E-state index contributed by atoms with van der Waals surface area (Å²) < 4.78 is 0. The number of rotatable bonds is 6. The maximum Gasteiger partial charge on any atom is 0.0463 e. The molecule has 0 saturated heterocycles. The average molecular weight is 284 g/mol. The van der Waals surface area contributed by atoms with Crippen molar-refractivity contribution in [1.29, 1.82) is 0 Å². The highest BCUT2D eigenvalue weighted by Gasteiger charge is 2.22. The molecule has 100 valence electrons. The van der Waals surface area contributed by atoms with Crippen LogP contribution in [-0.2, 0) is 0 Å². The van der Waals surface area contributed by atoms with Crippen molar-refractivity contribution in [1.82, 2.24) is 5.32 Å². The van der Waals surface area contributed by atoms with Crippen molar-refractivity contribution < 1.29 is 0 Å². The number of benzene rings is 1. The number of thioether (sulfide) groups is 1. The lowest BCUT2D eigenvalue weighted by Gasteiger charge is -2.16. The number of hydrogen-bond acceptors (Lipinski definition) is 2. The number of nitrogens with one attached hydrogen (secondary N) is 1. The number of halogens is 1. The molecule has 0 radical (unpaired) electrons. The number of hydrogen-bond donors (Lipinski definition) is 1. The molecule has 1 heterocycles. The first-order chi connectivity index (χ1) is 8.66. The molecule has 1 N–H and O–H groups in total. The van der Waals surface area contributed by atoms with Crippen LogP contribution in [0.4, 0.5) is 0 Å². The monoisotopic (exact) mass is 283 g/mol. The Morgan fingerprint density at radius 3 is 2.94 bits per heavy atom. The molecule has 1 aliphatic heterocycles. The summed E-state index contributed by atoms with van der Waals surface area (Å²) in [6, 6.07) is 8.75. The van der Waals surface area contributed by atoms with Crippen molar-refractivity contribution in [2.24, 2.45) is 5.92 Å². The van der Waals surface area contributed by atoms with Crippen molar-refractivity contribution in [2.75, 3.05) is 18.8 Å². The van der Waals surface area contributed by atoms with Crippen LogP contribution in [0.25, 0.3) is 0 Å². The van der Waals surface area contributed by atoms with E-state index in [2.05, 4.69) is 43.4 Å². The van der Waals surface area contributed by atoms with Crippen molar-refractivity contribution in [2.45, 2.75) is 36.5 Å². The highest BCUT2D eigenvalue weighted by Crippen LogP contribution is 2.38. The first-order valence-electron chi connectivity index (χ1n) is 6.73. The van der Waals surface area contributed by atoms with Gasteiger partial charge in [0, 0.05) is 35.0 Å². The van der Waals surface area contributed by atoms with Gasteiger partial charge >= 0.3 is 0 Å². The maximum absolute atomic E-state index is 6.29. The minimum atomic E-state index is 0.259. The summed E-state index contributed by atoms with van der Waals surface area (Å²) in [7, 11) is 0. The smallest absolute Gasteiger partial charge is 0.0463 e. The van der Waals surface area contributed by atoms with E-state index in [9.17, 15) is 0 Å². The van der Waals surface area contributed by atoms with E-state index in [4.69, 9.17) is 11.6 Å². The molecule has 1 aromatic carbocycles. The summed E-state index contributed by atoms with van der Waals surface area (Å²) in [6.45, 7) is 6.41. The summed E-state index contributed by atoms with van der Waals surface area (Å²) in [4.78, 5) is 1.45. The fraction of sp³-hybridized carbons (Fsp3) is 0.600. The largest absolute Gasteiger partial charge is 0.315 e. The molecular weight excluding hydrogens is 262 g/mol. The second kappa shape index (κ2) is 6.83. The summed E-state index contributed by atoms with van der Waals surface area (Å²) in [5, 5.41) is 3.79. The Morgan fingerprint density at radius 2 is 2.17 bits per heavy atom. The van der Waals surface area contributed by atoms with Gasteiger partial charge in [-0.15, -0.1) is 23.4 Å². The van der Waals surface area contributed by atoms with Crippen LogP contribution in [0.5, 0.6) is 0 Å². The van der Waals surface area contributed by atoms with Gasteiger partial charge in [0.15, 0.2) is 0 Å². The van der Waals surface area contributed by atoms with Crippen LogP contribution in [0.3, 0.4) is 0 Å². The molecule has 2 atom stereocenters. The molecule has 0 saturated carbocycles. The Bertz CT molecular complexity index is 381. The fourth-order valence-corrected chi connectivity index (χ4v) is 4.13. The molecule has 0 bridgehead atoms. The molecule has 3 heteroatoms. The van der Waals surface area contributed by atoms with Gasteiger partial charge in [0.25, 0.3) is 0 Å². The van der Waals surface area contributed by atoms with Crippen molar-refractivity contribution in [3.05, 3.63) is 29.8 Å². The molecule has 0 spiro atoms. The van der Waals surface area contributed by atoms with Gasteiger partial charge < -0.3 is 5.32 Å².